The second kappa shape index (κ2) is 4.61. The van der Waals surface area contributed by atoms with Crippen LogP contribution in [0, 0.1) is 0 Å². The fourth-order valence-electron chi connectivity index (χ4n) is 1.42. The van der Waals surface area contributed by atoms with Gasteiger partial charge in [0, 0.05) is 0 Å². The number of carbonyl (C=O) groups is 1. The van der Waals surface area contributed by atoms with E-state index in [-0.39, 0.29) is 5.69 Å². The average molecular weight is 274 g/mol. The van der Waals surface area contributed by atoms with E-state index in [1.807, 2.05) is 0 Å². The number of aromatic nitrogens is 6. The molecule has 0 bridgehead atoms. The molecule has 0 saturated carbocycles. The Morgan fingerprint density at radius 3 is 3.00 bits per heavy atom. The monoisotopic (exact) mass is 274 g/mol. The normalized spacial score (nSPS) is 10.7. The molecule has 3 rings (SSSR count). The van der Waals surface area contributed by atoms with Crippen LogP contribution in [0.3, 0.4) is 0 Å². The molecule has 0 radical (unpaired) electrons. The van der Waals surface area contributed by atoms with Gasteiger partial charge in [0.2, 0.25) is 0 Å². The topological polar surface area (TPSA) is 118 Å². The van der Waals surface area contributed by atoms with Gasteiger partial charge in [0.1, 0.15) is 21.9 Å². The number of fused-ring (bicyclic) bond motifs is 1. The third-order valence-electron chi connectivity index (χ3n) is 2.22. The van der Waals surface area contributed by atoms with E-state index in [9.17, 15) is 4.79 Å². The number of carboxylic acid groups (broad SMARTS) is 1. The Bertz CT molecular complexity index is 758. The van der Waals surface area contributed by atoms with Gasteiger partial charge < -0.3 is 10.1 Å². The second-order valence-corrected chi connectivity index (χ2v) is 4.44. The molecule has 3 heterocycles. The number of imidazole rings is 1. The number of aromatic amines is 1. The Kier molecular flexibility index (Phi) is 2.80. The first-order valence-corrected chi connectivity index (χ1v) is 5.93. The molecule has 0 fully saturated rings. The van der Waals surface area contributed by atoms with Crippen LogP contribution in [0.5, 0.6) is 0 Å². The second-order valence-electron chi connectivity index (χ2n) is 3.43. The van der Waals surface area contributed by atoms with Crippen LogP contribution in [-0.4, -0.2) is 41.0 Å². The van der Waals surface area contributed by atoms with Crippen LogP contribution in [0.1, 0.15) is 10.5 Å². The number of hydrogen-bond acceptors (Lipinski definition) is 7. The van der Waals surface area contributed by atoms with E-state index < -0.39 is 5.97 Å². The average Bonchev–Trinajstić information content (AvgIpc) is 2.88. The molecular weight excluding hydrogens is 268 g/mol. The van der Waals surface area contributed by atoms with Gasteiger partial charge in [0.15, 0.2) is 11.3 Å². The predicted octanol–water partition coefficient (Wildman–Crippen LogP) is 0.992. The number of nitrogens with one attached hydrogen (secondary N) is 1. The number of carboxylic acids is 1. The lowest BCUT2D eigenvalue weighted by atomic mass is 10.5. The molecule has 3 aromatic heterocycles. The molecule has 0 aliphatic rings. The summed E-state index contributed by atoms with van der Waals surface area (Å²) in [5.74, 6) is -1.12. The Balaban J connectivity index is 1.99. The van der Waals surface area contributed by atoms with Crippen LogP contribution in [0.4, 0.5) is 0 Å². The van der Waals surface area contributed by atoms with Crippen LogP contribution in [0.15, 0.2) is 35.1 Å². The van der Waals surface area contributed by atoms with Gasteiger partial charge in [0.05, 0.1) is 18.7 Å². The van der Waals surface area contributed by atoms with Crippen molar-refractivity contribution in [2.45, 2.75) is 10.1 Å². The van der Waals surface area contributed by atoms with Crippen molar-refractivity contribution in [3.63, 3.8) is 0 Å². The van der Waals surface area contributed by atoms with Gasteiger partial charge >= 0.3 is 5.97 Å². The first-order chi connectivity index (χ1) is 9.24. The van der Waals surface area contributed by atoms with E-state index in [2.05, 4.69) is 29.9 Å². The summed E-state index contributed by atoms with van der Waals surface area (Å²) in [4.78, 5) is 33.7. The fourth-order valence-corrected chi connectivity index (χ4v) is 2.23. The molecule has 0 spiro atoms. The molecule has 94 valence electrons. The van der Waals surface area contributed by atoms with Crippen molar-refractivity contribution < 1.29 is 9.90 Å². The summed E-state index contributed by atoms with van der Waals surface area (Å²) >= 11 is 1.19. The summed E-state index contributed by atoms with van der Waals surface area (Å²) in [7, 11) is 0. The number of rotatable bonds is 3. The first kappa shape index (κ1) is 11.5. The van der Waals surface area contributed by atoms with Crippen LogP contribution < -0.4 is 0 Å². The molecule has 0 saturated heterocycles. The molecule has 0 unspecified atom stereocenters. The van der Waals surface area contributed by atoms with Crippen LogP contribution in [0.25, 0.3) is 11.2 Å². The Morgan fingerprint density at radius 1 is 1.26 bits per heavy atom. The minimum atomic E-state index is -1.12. The van der Waals surface area contributed by atoms with E-state index in [1.54, 1.807) is 0 Å². The lowest BCUT2D eigenvalue weighted by molar-refractivity contribution is 0.0689. The Hall–Kier alpha value is -2.55. The van der Waals surface area contributed by atoms with Crippen molar-refractivity contribution in [1.29, 1.82) is 0 Å². The standard InChI is InChI=1S/C10H6N6O2S/c17-10(18)5-1-11-2-6(16-5)19-9-7-8(13-3-12-7)14-4-15-9/h1-4H,(H,17,18)(H,12,13,14,15). The summed E-state index contributed by atoms with van der Waals surface area (Å²) in [6, 6.07) is 0. The van der Waals surface area contributed by atoms with Crippen LogP contribution in [-0.2, 0) is 0 Å². The highest BCUT2D eigenvalue weighted by atomic mass is 32.2. The van der Waals surface area contributed by atoms with Gasteiger partial charge in [-0.2, -0.15) is 0 Å². The molecule has 0 aliphatic carbocycles. The summed E-state index contributed by atoms with van der Waals surface area (Å²) < 4.78 is 0. The molecule has 9 heteroatoms. The quantitative estimate of drug-likeness (QED) is 0.679. The van der Waals surface area contributed by atoms with Gasteiger partial charge in [-0.3, -0.25) is 4.98 Å². The van der Waals surface area contributed by atoms with E-state index in [0.29, 0.717) is 21.2 Å². The smallest absolute Gasteiger partial charge is 0.356 e. The van der Waals surface area contributed by atoms with E-state index in [4.69, 9.17) is 5.11 Å². The zero-order chi connectivity index (χ0) is 13.2. The van der Waals surface area contributed by atoms with Crippen molar-refractivity contribution in [3.8, 4) is 0 Å². The molecular formula is C10H6N6O2S. The molecule has 8 nitrogen and oxygen atoms in total. The van der Waals surface area contributed by atoms with E-state index in [0.717, 1.165) is 0 Å². The van der Waals surface area contributed by atoms with Gasteiger partial charge in [-0.15, -0.1) is 0 Å². The Labute approximate surface area is 110 Å². The van der Waals surface area contributed by atoms with Gasteiger partial charge in [-0.05, 0) is 11.8 Å². The van der Waals surface area contributed by atoms with Crippen molar-refractivity contribution in [3.05, 3.63) is 30.7 Å². The molecule has 0 aliphatic heterocycles. The molecule has 3 aromatic rings. The van der Waals surface area contributed by atoms with Crippen LogP contribution >= 0.6 is 11.8 Å². The third kappa shape index (κ3) is 2.22. The third-order valence-corrected chi connectivity index (χ3v) is 3.13. The molecule has 2 N–H and O–H groups in total. The van der Waals surface area contributed by atoms with Crippen molar-refractivity contribution in [2.24, 2.45) is 0 Å². The summed E-state index contributed by atoms with van der Waals surface area (Å²) in [6.07, 6.45) is 5.57. The summed E-state index contributed by atoms with van der Waals surface area (Å²) in [6.45, 7) is 0. The maximum atomic E-state index is 10.8. The maximum absolute atomic E-state index is 10.8. The minimum Gasteiger partial charge on any atom is -0.476 e. The maximum Gasteiger partial charge on any atom is 0.356 e. The Morgan fingerprint density at radius 2 is 2.16 bits per heavy atom. The van der Waals surface area contributed by atoms with Crippen molar-refractivity contribution in [1.82, 2.24) is 29.9 Å². The predicted molar refractivity (Wildman–Crippen MR) is 64.8 cm³/mol. The molecule has 0 amide bonds. The van der Waals surface area contributed by atoms with E-state index in [1.165, 1.54) is 36.8 Å². The highest BCUT2D eigenvalue weighted by Crippen LogP contribution is 2.27. The molecule has 0 atom stereocenters. The largest absolute Gasteiger partial charge is 0.476 e. The number of aromatic carboxylic acids is 1. The minimum absolute atomic E-state index is 0.111. The highest BCUT2D eigenvalue weighted by Gasteiger charge is 2.11. The first-order valence-electron chi connectivity index (χ1n) is 5.11. The zero-order valence-electron chi connectivity index (χ0n) is 9.31. The van der Waals surface area contributed by atoms with E-state index >= 15 is 0 Å². The number of H-pyrrole nitrogens is 1. The fraction of sp³-hybridized carbons (Fsp3) is 0. The van der Waals surface area contributed by atoms with Gasteiger partial charge in [0.25, 0.3) is 0 Å². The van der Waals surface area contributed by atoms with Crippen molar-refractivity contribution >= 4 is 28.9 Å². The molecule has 0 aromatic carbocycles. The van der Waals surface area contributed by atoms with Crippen LogP contribution in [0.2, 0.25) is 0 Å². The zero-order valence-corrected chi connectivity index (χ0v) is 10.1. The summed E-state index contributed by atoms with van der Waals surface area (Å²) in [5.41, 5.74) is 1.11. The number of nitrogens with zero attached hydrogens (tertiary/aromatic N) is 5. The van der Waals surface area contributed by atoms with Gasteiger partial charge in [-0.25, -0.2) is 24.7 Å². The highest BCUT2D eigenvalue weighted by molar-refractivity contribution is 7.99. The summed E-state index contributed by atoms with van der Waals surface area (Å²) in [5, 5.41) is 9.91. The lowest BCUT2D eigenvalue weighted by Gasteiger charge is -2.01. The molecule has 19 heavy (non-hydrogen) atoms. The van der Waals surface area contributed by atoms with Gasteiger partial charge in [-0.1, -0.05) is 0 Å². The number of hydrogen-bond donors (Lipinski definition) is 2. The van der Waals surface area contributed by atoms with Crippen molar-refractivity contribution in [2.75, 3.05) is 0 Å². The lowest BCUT2D eigenvalue weighted by Crippen LogP contribution is -2.01. The SMILES string of the molecule is O=C(O)c1cncc(Sc2ncnc3nc[nH]c23)n1.